The van der Waals surface area contributed by atoms with Crippen molar-refractivity contribution in [1.29, 1.82) is 0 Å². The van der Waals surface area contributed by atoms with Crippen molar-refractivity contribution in [2.75, 3.05) is 31.5 Å². The van der Waals surface area contributed by atoms with E-state index in [9.17, 15) is 4.79 Å². The lowest BCUT2D eigenvalue weighted by Gasteiger charge is -2.46. The standard InChI is InChI=1S/C24H35N5O/c1-17(2)24(30)25-19-8-9-22-20(14-19)26-23-16-27(12-13-29(22)23)15-18-6-5-11-28-10-4-3-7-21(18)28/h8-9,14,17-18,21H,3-7,10-13,15-16H2,1-2H3,(H,25,30)/t18-,21+/m1/s1. The van der Waals surface area contributed by atoms with Gasteiger partial charge in [0.1, 0.15) is 5.82 Å². The molecule has 2 fully saturated rings. The van der Waals surface area contributed by atoms with Crippen LogP contribution in [0.3, 0.4) is 0 Å². The third kappa shape index (κ3) is 3.87. The second-order valence-corrected chi connectivity index (χ2v) is 9.76. The molecule has 3 aliphatic rings. The number of aromatic nitrogens is 2. The van der Waals surface area contributed by atoms with Gasteiger partial charge < -0.3 is 14.8 Å². The Morgan fingerprint density at radius 2 is 2.00 bits per heavy atom. The third-order valence-corrected chi connectivity index (χ3v) is 7.35. The summed E-state index contributed by atoms with van der Waals surface area (Å²) >= 11 is 0. The minimum Gasteiger partial charge on any atom is -0.326 e. The first kappa shape index (κ1) is 20.0. The fourth-order valence-electron chi connectivity index (χ4n) is 5.71. The number of fused-ring (bicyclic) bond motifs is 4. The first-order chi connectivity index (χ1) is 14.6. The van der Waals surface area contributed by atoms with E-state index in [1.54, 1.807) is 0 Å². The molecule has 0 saturated carbocycles. The van der Waals surface area contributed by atoms with Crippen molar-refractivity contribution >= 4 is 22.6 Å². The van der Waals surface area contributed by atoms with Gasteiger partial charge in [-0.15, -0.1) is 0 Å². The highest BCUT2D eigenvalue weighted by Crippen LogP contribution is 2.32. The van der Waals surface area contributed by atoms with Gasteiger partial charge in [0, 0.05) is 37.3 Å². The predicted molar refractivity (Wildman–Crippen MR) is 120 cm³/mol. The molecule has 1 aromatic carbocycles. The minimum absolute atomic E-state index is 0.0238. The van der Waals surface area contributed by atoms with Crippen LogP contribution >= 0.6 is 0 Å². The summed E-state index contributed by atoms with van der Waals surface area (Å²) in [4.78, 5) is 22.4. The molecule has 2 atom stereocenters. The van der Waals surface area contributed by atoms with Gasteiger partial charge in [0.2, 0.25) is 5.91 Å². The van der Waals surface area contributed by atoms with E-state index in [1.807, 2.05) is 26.0 Å². The number of benzene rings is 1. The molecule has 6 nitrogen and oxygen atoms in total. The number of hydrogen-bond donors (Lipinski definition) is 1. The van der Waals surface area contributed by atoms with Crippen LogP contribution in [-0.2, 0) is 17.9 Å². The maximum Gasteiger partial charge on any atom is 0.226 e. The summed E-state index contributed by atoms with van der Waals surface area (Å²) in [6, 6.07) is 6.94. The second kappa shape index (κ2) is 8.31. The Balaban J connectivity index is 1.29. The van der Waals surface area contributed by atoms with Crippen LogP contribution in [0.5, 0.6) is 0 Å². The zero-order chi connectivity index (χ0) is 20.7. The summed E-state index contributed by atoms with van der Waals surface area (Å²) in [5, 5.41) is 3.00. The lowest BCUT2D eigenvalue weighted by molar-refractivity contribution is -0.118. The summed E-state index contributed by atoms with van der Waals surface area (Å²) in [5.41, 5.74) is 3.01. The van der Waals surface area contributed by atoms with Crippen LogP contribution in [0.2, 0.25) is 0 Å². The van der Waals surface area contributed by atoms with Crippen molar-refractivity contribution < 1.29 is 4.79 Å². The topological polar surface area (TPSA) is 53.4 Å². The molecule has 30 heavy (non-hydrogen) atoms. The number of carbonyl (C=O) groups is 1. The number of anilines is 1. The molecule has 4 heterocycles. The van der Waals surface area contributed by atoms with Crippen LogP contribution in [0.15, 0.2) is 18.2 Å². The van der Waals surface area contributed by atoms with E-state index >= 15 is 0 Å². The molecule has 1 amide bonds. The molecule has 2 aromatic rings. The maximum absolute atomic E-state index is 12.0. The average molecular weight is 410 g/mol. The number of nitrogens with zero attached hydrogens (tertiary/aromatic N) is 4. The van der Waals surface area contributed by atoms with Crippen LogP contribution in [0, 0.1) is 11.8 Å². The maximum atomic E-state index is 12.0. The number of nitrogens with one attached hydrogen (secondary N) is 1. The summed E-state index contributed by atoms with van der Waals surface area (Å²) in [7, 11) is 0. The van der Waals surface area contributed by atoms with Gasteiger partial charge in [0.15, 0.2) is 0 Å². The van der Waals surface area contributed by atoms with Crippen molar-refractivity contribution in [3.05, 3.63) is 24.0 Å². The Labute approximate surface area is 179 Å². The highest BCUT2D eigenvalue weighted by Gasteiger charge is 2.34. The normalized spacial score (nSPS) is 25.3. The van der Waals surface area contributed by atoms with Crippen LogP contribution in [-0.4, -0.2) is 57.5 Å². The van der Waals surface area contributed by atoms with Crippen LogP contribution in [0.25, 0.3) is 11.0 Å². The van der Waals surface area contributed by atoms with Gasteiger partial charge in [0.25, 0.3) is 0 Å². The van der Waals surface area contributed by atoms with E-state index in [1.165, 1.54) is 63.1 Å². The van der Waals surface area contributed by atoms with Gasteiger partial charge >= 0.3 is 0 Å². The molecular weight excluding hydrogens is 374 g/mol. The molecule has 5 rings (SSSR count). The minimum atomic E-state index is -0.0238. The van der Waals surface area contributed by atoms with E-state index < -0.39 is 0 Å². The summed E-state index contributed by atoms with van der Waals surface area (Å²) in [5.74, 6) is 2.01. The van der Waals surface area contributed by atoms with Crippen molar-refractivity contribution in [3.63, 3.8) is 0 Å². The molecule has 1 aromatic heterocycles. The molecule has 0 bridgehead atoms. The lowest BCUT2D eigenvalue weighted by Crippen LogP contribution is -2.51. The summed E-state index contributed by atoms with van der Waals surface area (Å²) in [6.45, 7) is 10.7. The van der Waals surface area contributed by atoms with Gasteiger partial charge in [-0.25, -0.2) is 4.98 Å². The average Bonchev–Trinajstić information content (AvgIpc) is 3.10. The van der Waals surface area contributed by atoms with Crippen molar-refractivity contribution in [3.8, 4) is 0 Å². The molecule has 0 radical (unpaired) electrons. The molecule has 0 aliphatic carbocycles. The zero-order valence-electron chi connectivity index (χ0n) is 18.4. The number of hydrogen-bond acceptors (Lipinski definition) is 4. The Morgan fingerprint density at radius 1 is 1.13 bits per heavy atom. The van der Waals surface area contributed by atoms with Crippen molar-refractivity contribution in [2.45, 2.75) is 65.1 Å². The first-order valence-electron chi connectivity index (χ1n) is 11.8. The number of imidazole rings is 1. The third-order valence-electron chi connectivity index (χ3n) is 7.35. The van der Waals surface area contributed by atoms with Crippen LogP contribution < -0.4 is 5.32 Å². The molecule has 6 heteroatoms. The van der Waals surface area contributed by atoms with Crippen molar-refractivity contribution in [2.24, 2.45) is 11.8 Å². The number of piperidine rings is 2. The quantitative estimate of drug-likeness (QED) is 0.836. The van der Waals surface area contributed by atoms with Gasteiger partial charge in [-0.3, -0.25) is 9.69 Å². The van der Waals surface area contributed by atoms with E-state index in [2.05, 4.69) is 25.8 Å². The highest BCUT2D eigenvalue weighted by atomic mass is 16.1. The molecule has 3 aliphatic heterocycles. The van der Waals surface area contributed by atoms with Crippen molar-refractivity contribution in [1.82, 2.24) is 19.4 Å². The van der Waals surface area contributed by atoms with E-state index in [0.717, 1.165) is 42.8 Å². The fourth-order valence-corrected chi connectivity index (χ4v) is 5.71. The Hall–Kier alpha value is -1.92. The van der Waals surface area contributed by atoms with Gasteiger partial charge in [-0.2, -0.15) is 0 Å². The van der Waals surface area contributed by atoms with E-state index in [-0.39, 0.29) is 11.8 Å². The molecule has 0 unspecified atom stereocenters. The largest absolute Gasteiger partial charge is 0.326 e. The van der Waals surface area contributed by atoms with Crippen LogP contribution in [0.1, 0.15) is 51.8 Å². The SMILES string of the molecule is CC(C)C(=O)Nc1ccc2c(c1)nc1n2CCN(C[C@H]2CCCN3CCCC[C@@H]23)C1. The Kier molecular flexibility index (Phi) is 5.54. The molecular formula is C24H35N5O. The van der Waals surface area contributed by atoms with E-state index in [4.69, 9.17) is 4.98 Å². The Morgan fingerprint density at radius 3 is 2.87 bits per heavy atom. The molecule has 1 N–H and O–H groups in total. The molecule has 2 saturated heterocycles. The van der Waals surface area contributed by atoms with Gasteiger partial charge in [-0.05, 0) is 62.9 Å². The van der Waals surface area contributed by atoms with Gasteiger partial charge in [-0.1, -0.05) is 20.3 Å². The number of rotatable bonds is 4. The first-order valence-corrected chi connectivity index (χ1v) is 11.8. The number of amides is 1. The Bertz CT molecular complexity index is 918. The molecule has 0 spiro atoms. The fraction of sp³-hybridized carbons (Fsp3) is 0.667. The summed E-state index contributed by atoms with van der Waals surface area (Å²) < 4.78 is 2.37. The monoisotopic (exact) mass is 409 g/mol. The zero-order valence-corrected chi connectivity index (χ0v) is 18.4. The molecule has 162 valence electrons. The lowest BCUT2D eigenvalue weighted by atomic mass is 9.83. The summed E-state index contributed by atoms with van der Waals surface area (Å²) in [6.07, 6.45) is 6.92. The highest BCUT2D eigenvalue weighted by molar-refractivity contribution is 5.94. The van der Waals surface area contributed by atoms with Gasteiger partial charge in [0.05, 0.1) is 17.6 Å². The second-order valence-electron chi connectivity index (χ2n) is 9.76. The number of carbonyl (C=O) groups excluding carboxylic acids is 1. The van der Waals surface area contributed by atoms with Crippen LogP contribution in [0.4, 0.5) is 5.69 Å². The predicted octanol–water partition coefficient (Wildman–Crippen LogP) is 3.71. The van der Waals surface area contributed by atoms with E-state index in [0.29, 0.717) is 0 Å². The smallest absolute Gasteiger partial charge is 0.226 e.